The van der Waals surface area contributed by atoms with E-state index in [1.54, 1.807) is 0 Å². The molecule has 2 N–H and O–H groups in total. The Morgan fingerprint density at radius 1 is 1.29 bits per heavy atom. The van der Waals surface area contributed by atoms with Gasteiger partial charge in [0.25, 0.3) is 15.9 Å². The van der Waals surface area contributed by atoms with Crippen LogP contribution in [0.25, 0.3) is 0 Å². The molecular weight excluding hydrogens is 309 g/mol. The molecule has 1 aromatic carbocycles. The first-order valence-corrected chi connectivity index (χ1v) is 7.35. The van der Waals surface area contributed by atoms with Crippen molar-refractivity contribution in [3.8, 4) is 0 Å². The van der Waals surface area contributed by atoms with Crippen LogP contribution in [0, 0.1) is 0 Å². The van der Waals surface area contributed by atoms with E-state index in [0.29, 0.717) is 4.31 Å². The molecule has 21 heavy (non-hydrogen) atoms. The van der Waals surface area contributed by atoms with E-state index >= 15 is 0 Å². The molecule has 0 radical (unpaired) electrons. The molecule has 2 rings (SSSR count). The minimum absolute atomic E-state index is 0.0933. The zero-order chi connectivity index (χ0) is 16.2. The Kier molecular flexibility index (Phi) is 3.24. The van der Waals surface area contributed by atoms with Gasteiger partial charge >= 0.3 is 6.18 Å². The zero-order valence-corrected chi connectivity index (χ0v) is 12.0. The summed E-state index contributed by atoms with van der Waals surface area (Å²) in [4.78, 5) is 11.8. The van der Waals surface area contributed by atoms with E-state index in [0.717, 1.165) is 12.1 Å². The number of rotatable bonds is 2. The van der Waals surface area contributed by atoms with Gasteiger partial charge in [0.2, 0.25) is 0 Å². The summed E-state index contributed by atoms with van der Waals surface area (Å²) in [5, 5.41) is 0. The first-order valence-electron chi connectivity index (χ1n) is 5.91. The fourth-order valence-electron chi connectivity index (χ4n) is 2.06. The lowest BCUT2D eigenvalue weighted by atomic mass is 10.1. The highest BCUT2D eigenvalue weighted by molar-refractivity contribution is 7.94. The Bertz CT molecular complexity index is 711. The van der Waals surface area contributed by atoms with Gasteiger partial charge in [-0.1, -0.05) is 6.07 Å². The third-order valence-electron chi connectivity index (χ3n) is 3.43. The van der Waals surface area contributed by atoms with E-state index in [1.165, 1.54) is 19.9 Å². The highest BCUT2D eigenvalue weighted by atomic mass is 32.2. The van der Waals surface area contributed by atoms with Crippen LogP contribution in [0.3, 0.4) is 0 Å². The first kappa shape index (κ1) is 15.6. The van der Waals surface area contributed by atoms with Crippen LogP contribution in [0.2, 0.25) is 0 Å². The Balaban J connectivity index is 2.41. The minimum atomic E-state index is -4.68. The van der Waals surface area contributed by atoms with Crippen LogP contribution in [0.5, 0.6) is 0 Å². The second-order valence-electron chi connectivity index (χ2n) is 5.24. The standard InChI is InChI=1S/C12H13F3N2O3S/c1-11(2)10(18)17(21(11,19)20)6-7-3-4-8(16)5-9(7)12(13,14)15/h3-5H,6,16H2,1-2H3. The van der Waals surface area contributed by atoms with Gasteiger partial charge in [-0.3, -0.25) is 4.79 Å². The van der Waals surface area contributed by atoms with E-state index in [1.807, 2.05) is 0 Å². The average Bonchev–Trinajstić information content (AvgIpc) is 2.34. The van der Waals surface area contributed by atoms with Crippen molar-refractivity contribution in [2.75, 3.05) is 5.73 Å². The quantitative estimate of drug-likeness (QED) is 0.841. The van der Waals surface area contributed by atoms with Gasteiger partial charge < -0.3 is 5.73 Å². The van der Waals surface area contributed by atoms with Gasteiger partial charge in [-0.2, -0.15) is 13.2 Å². The number of alkyl halides is 3. The molecule has 9 heteroatoms. The van der Waals surface area contributed by atoms with Gasteiger partial charge in [0, 0.05) is 5.69 Å². The summed E-state index contributed by atoms with van der Waals surface area (Å²) in [6, 6.07) is 3.02. The van der Waals surface area contributed by atoms with Crippen LogP contribution in [-0.2, 0) is 27.5 Å². The summed E-state index contributed by atoms with van der Waals surface area (Å²) in [5.74, 6) is -0.729. The van der Waals surface area contributed by atoms with Crippen molar-refractivity contribution in [2.45, 2.75) is 31.3 Å². The summed E-state index contributed by atoms with van der Waals surface area (Å²) >= 11 is 0. The van der Waals surface area contributed by atoms with Crippen molar-refractivity contribution in [3.63, 3.8) is 0 Å². The second kappa shape index (κ2) is 4.36. The molecule has 0 atom stereocenters. The summed E-state index contributed by atoms with van der Waals surface area (Å²) in [5.41, 5.74) is 3.87. The number of nitrogens with two attached hydrogens (primary N) is 1. The molecule has 1 aromatic rings. The Morgan fingerprint density at radius 3 is 2.33 bits per heavy atom. The molecular formula is C12H13F3N2O3S. The molecule has 1 heterocycles. The van der Waals surface area contributed by atoms with Crippen LogP contribution in [0.1, 0.15) is 25.0 Å². The van der Waals surface area contributed by atoms with Crippen molar-refractivity contribution < 1.29 is 26.4 Å². The van der Waals surface area contributed by atoms with Crippen molar-refractivity contribution >= 4 is 21.6 Å². The number of anilines is 1. The summed E-state index contributed by atoms with van der Waals surface area (Å²) in [6.07, 6.45) is -4.68. The predicted molar refractivity (Wildman–Crippen MR) is 69.4 cm³/mol. The Morgan fingerprint density at radius 2 is 1.86 bits per heavy atom. The summed E-state index contributed by atoms with van der Waals surface area (Å²) < 4.78 is 61.5. The molecule has 5 nitrogen and oxygen atoms in total. The van der Waals surface area contributed by atoms with Gasteiger partial charge in [-0.25, -0.2) is 12.7 Å². The third-order valence-corrected chi connectivity index (χ3v) is 5.77. The number of hydrogen-bond donors (Lipinski definition) is 1. The predicted octanol–water partition coefficient (Wildman–Crippen LogP) is 1.74. The number of amides is 1. The molecule has 0 aromatic heterocycles. The molecule has 1 amide bonds. The minimum Gasteiger partial charge on any atom is -0.399 e. The van der Waals surface area contributed by atoms with E-state index in [-0.39, 0.29) is 11.3 Å². The number of nitrogens with zero attached hydrogens (tertiary/aromatic N) is 1. The molecule has 1 fully saturated rings. The van der Waals surface area contributed by atoms with Crippen LogP contribution >= 0.6 is 0 Å². The molecule has 1 aliphatic heterocycles. The molecule has 116 valence electrons. The smallest absolute Gasteiger partial charge is 0.399 e. The summed E-state index contributed by atoms with van der Waals surface area (Å²) in [7, 11) is -3.94. The maximum Gasteiger partial charge on any atom is 0.416 e. The Labute approximate surface area is 119 Å². The van der Waals surface area contributed by atoms with Crippen LogP contribution in [0.4, 0.5) is 18.9 Å². The number of hydrogen-bond acceptors (Lipinski definition) is 4. The average molecular weight is 322 g/mol. The van der Waals surface area contributed by atoms with E-state index in [9.17, 15) is 26.4 Å². The van der Waals surface area contributed by atoms with Gasteiger partial charge in [-0.05, 0) is 31.5 Å². The van der Waals surface area contributed by atoms with Gasteiger partial charge in [0.1, 0.15) is 0 Å². The highest BCUT2D eigenvalue weighted by Gasteiger charge is 2.60. The van der Waals surface area contributed by atoms with Crippen molar-refractivity contribution in [1.82, 2.24) is 4.31 Å². The number of carbonyl (C=O) groups is 1. The van der Waals surface area contributed by atoms with Crippen LogP contribution in [0.15, 0.2) is 18.2 Å². The lowest BCUT2D eigenvalue weighted by Gasteiger charge is -2.43. The maximum absolute atomic E-state index is 12.9. The fourth-order valence-corrected chi connectivity index (χ4v) is 3.57. The number of halogens is 3. The molecule has 0 spiro atoms. The van der Waals surface area contributed by atoms with Gasteiger partial charge in [0.15, 0.2) is 4.75 Å². The number of benzene rings is 1. The molecule has 1 saturated heterocycles. The van der Waals surface area contributed by atoms with E-state index in [2.05, 4.69) is 0 Å². The topological polar surface area (TPSA) is 80.5 Å². The third kappa shape index (κ3) is 2.25. The lowest BCUT2D eigenvalue weighted by molar-refractivity contribution is -0.139. The zero-order valence-electron chi connectivity index (χ0n) is 11.2. The van der Waals surface area contributed by atoms with Gasteiger partial charge in [0.05, 0.1) is 12.1 Å². The van der Waals surface area contributed by atoms with Crippen molar-refractivity contribution in [3.05, 3.63) is 29.3 Å². The van der Waals surface area contributed by atoms with Crippen LogP contribution < -0.4 is 5.73 Å². The lowest BCUT2D eigenvalue weighted by Crippen LogP contribution is -2.66. The molecule has 0 unspecified atom stereocenters. The van der Waals surface area contributed by atoms with E-state index in [4.69, 9.17) is 5.73 Å². The van der Waals surface area contributed by atoms with E-state index < -0.39 is 39.0 Å². The molecule has 0 saturated carbocycles. The monoisotopic (exact) mass is 322 g/mol. The van der Waals surface area contributed by atoms with Crippen molar-refractivity contribution in [1.29, 1.82) is 0 Å². The SMILES string of the molecule is CC1(C)C(=O)N(Cc2ccc(N)cc2C(F)(F)F)S1(=O)=O. The van der Waals surface area contributed by atoms with Crippen molar-refractivity contribution in [2.24, 2.45) is 0 Å². The molecule has 0 bridgehead atoms. The normalized spacial score (nSPS) is 20.2. The van der Waals surface area contributed by atoms with Gasteiger partial charge in [-0.15, -0.1) is 0 Å². The first-order chi connectivity index (χ1) is 9.39. The number of nitrogen functional groups attached to an aromatic ring is 1. The fraction of sp³-hybridized carbons (Fsp3) is 0.417. The largest absolute Gasteiger partial charge is 0.416 e. The molecule has 1 aliphatic rings. The molecule has 0 aliphatic carbocycles. The summed E-state index contributed by atoms with van der Waals surface area (Å²) in [6.45, 7) is 1.78. The Hall–Kier alpha value is -1.77. The number of sulfonamides is 1. The van der Waals surface area contributed by atoms with Crippen LogP contribution in [-0.4, -0.2) is 23.4 Å². The highest BCUT2D eigenvalue weighted by Crippen LogP contribution is 2.39. The second-order valence-corrected chi connectivity index (χ2v) is 7.65. The maximum atomic E-state index is 12.9. The number of carbonyl (C=O) groups excluding carboxylic acids is 1.